The summed E-state index contributed by atoms with van der Waals surface area (Å²) in [5.41, 5.74) is 3.22. The monoisotopic (exact) mass is 431 g/mol. The molecule has 0 amide bonds. The summed E-state index contributed by atoms with van der Waals surface area (Å²) in [5, 5.41) is 0.699. The summed E-state index contributed by atoms with van der Waals surface area (Å²) < 4.78 is 21.1. The molecule has 0 atom stereocenters. The number of aryl methyl sites for hydroxylation is 2. The molecule has 3 rings (SSSR count). The lowest BCUT2D eigenvalue weighted by Gasteiger charge is -2.22. The van der Waals surface area contributed by atoms with Crippen LogP contribution in [-0.4, -0.2) is 25.7 Å². The first-order valence-corrected chi connectivity index (χ1v) is 10.0. The van der Waals surface area contributed by atoms with Crippen LogP contribution >= 0.6 is 11.6 Å². The molecule has 0 saturated carbocycles. The zero-order chi connectivity index (χ0) is 21.7. The Kier molecular flexibility index (Phi) is 7.24. The van der Waals surface area contributed by atoms with Gasteiger partial charge >= 0.3 is 5.82 Å². The molecule has 1 aromatic heterocycles. The standard InChI is InChI=1S/C23H26ClNO5/c1-15-9-17(11-19(24)10-15)13-25(14-22-16(2)29-23(26)30-22)8-7-18-12-20(27-3)5-6-21(18)28-4/h5-6,9-12H,7-8,13-14H2,1-4H3. The Labute approximate surface area is 181 Å². The van der Waals surface area contributed by atoms with E-state index in [2.05, 4.69) is 11.0 Å². The maximum atomic E-state index is 11.5. The molecule has 7 heteroatoms. The van der Waals surface area contributed by atoms with Crippen molar-refractivity contribution in [3.8, 4) is 11.5 Å². The number of ether oxygens (including phenoxy) is 2. The summed E-state index contributed by atoms with van der Waals surface area (Å²) in [6.45, 7) is 5.52. The number of methoxy groups -OCH3 is 2. The molecule has 0 fully saturated rings. The number of hydrogen-bond acceptors (Lipinski definition) is 6. The third kappa shape index (κ3) is 5.68. The van der Waals surface area contributed by atoms with E-state index in [0.29, 0.717) is 36.2 Å². The number of hydrogen-bond donors (Lipinski definition) is 0. The second kappa shape index (κ2) is 9.87. The molecule has 0 aliphatic rings. The summed E-state index contributed by atoms with van der Waals surface area (Å²) in [6, 6.07) is 11.7. The van der Waals surface area contributed by atoms with Crippen LogP contribution in [0.3, 0.4) is 0 Å². The Balaban J connectivity index is 1.83. The van der Waals surface area contributed by atoms with Gasteiger partial charge in [-0.25, -0.2) is 4.79 Å². The number of halogens is 1. The van der Waals surface area contributed by atoms with Gasteiger partial charge in [0.05, 0.1) is 20.8 Å². The Bertz CT molecular complexity index is 1040. The van der Waals surface area contributed by atoms with Crippen LogP contribution in [0.2, 0.25) is 5.02 Å². The van der Waals surface area contributed by atoms with Gasteiger partial charge in [0, 0.05) is 18.1 Å². The quantitative estimate of drug-likeness (QED) is 0.486. The highest BCUT2D eigenvalue weighted by Gasteiger charge is 2.16. The van der Waals surface area contributed by atoms with E-state index < -0.39 is 5.82 Å². The van der Waals surface area contributed by atoms with Crippen molar-refractivity contribution in [2.75, 3.05) is 20.8 Å². The number of rotatable bonds is 9. The van der Waals surface area contributed by atoms with Crippen LogP contribution < -0.4 is 15.3 Å². The second-order valence-corrected chi connectivity index (χ2v) is 7.65. The molecular weight excluding hydrogens is 406 g/mol. The molecule has 30 heavy (non-hydrogen) atoms. The molecule has 0 aliphatic heterocycles. The van der Waals surface area contributed by atoms with Gasteiger partial charge in [-0.3, -0.25) is 4.90 Å². The van der Waals surface area contributed by atoms with Crippen LogP contribution in [0.4, 0.5) is 0 Å². The lowest BCUT2D eigenvalue weighted by Crippen LogP contribution is -2.25. The zero-order valence-electron chi connectivity index (χ0n) is 17.7. The predicted octanol–water partition coefficient (Wildman–Crippen LogP) is 4.77. The lowest BCUT2D eigenvalue weighted by molar-refractivity contribution is 0.233. The first-order chi connectivity index (χ1) is 14.4. The fraction of sp³-hybridized carbons (Fsp3) is 0.348. The molecule has 0 N–H and O–H groups in total. The van der Waals surface area contributed by atoms with E-state index in [1.807, 2.05) is 37.3 Å². The van der Waals surface area contributed by atoms with Crippen molar-refractivity contribution in [3.63, 3.8) is 0 Å². The van der Waals surface area contributed by atoms with E-state index in [1.165, 1.54) is 0 Å². The summed E-state index contributed by atoms with van der Waals surface area (Å²) in [7, 11) is 3.30. The second-order valence-electron chi connectivity index (χ2n) is 7.21. The minimum absolute atomic E-state index is 0.440. The van der Waals surface area contributed by atoms with Crippen LogP contribution in [0.25, 0.3) is 0 Å². The fourth-order valence-corrected chi connectivity index (χ4v) is 3.77. The van der Waals surface area contributed by atoms with Gasteiger partial charge in [-0.2, -0.15) is 0 Å². The van der Waals surface area contributed by atoms with Gasteiger partial charge in [-0.15, -0.1) is 0 Å². The third-order valence-corrected chi connectivity index (χ3v) is 5.11. The maximum Gasteiger partial charge on any atom is 0.519 e. The molecule has 0 bridgehead atoms. The number of benzene rings is 2. The highest BCUT2D eigenvalue weighted by atomic mass is 35.5. The van der Waals surface area contributed by atoms with Gasteiger partial charge in [0.2, 0.25) is 0 Å². The molecule has 0 aliphatic carbocycles. The van der Waals surface area contributed by atoms with Gasteiger partial charge in [-0.1, -0.05) is 17.7 Å². The molecular formula is C23H26ClNO5. The van der Waals surface area contributed by atoms with Crippen molar-refractivity contribution in [2.24, 2.45) is 0 Å². The topological polar surface area (TPSA) is 65.1 Å². The van der Waals surface area contributed by atoms with E-state index in [0.717, 1.165) is 34.6 Å². The van der Waals surface area contributed by atoms with Crippen molar-refractivity contribution in [1.29, 1.82) is 0 Å². The van der Waals surface area contributed by atoms with Crippen molar-refractivity contribution in [1.82, 2.24) is 4.90 Å². The Hall–Kier alpha value is -2.70. The SMILES string of the molecule is COc1ccc(OC)c(CCN(Cc2cc(C)cc(Cl)c2)Cc2oc(=O)oc2C)c1. The van der Waals surface area contributed by atoms with Crippen molar-refractivity contribution in [2.45, 2.75) is 33.4 Å². The summed E-state index contributed by atoms with van der Waals surface area (Å²) in [5.74, 6) is 1.91. The molecule has 0 spiro atoms. The average molecular weight is 432 g/mol. The Morgan fingerprint density at radius 3 is 2.43 bits per heavy atom. The van der Waals surface area contributed by atoms with Gasteiger partial charge in [-0.05, 0) is 67.3 Å². The Morgan fingerprint density at radius 2 is 1.80 bits per heavy atom. The van der Waals surface area contributed by atoms with E-state index in [9.17, 15) is 4.79 Å². The summed E-state index contributed by atoms with van der Waals surface area (Å²) in [6.07, 6.45) is 0.723. The molecule has 2 aromatic carbocycles. The van der Waals surface area contributed by atoms with Crippen molar-refractivity contribution >= 4 is 11.6 Å². The minimum atomic E-state index is -0.685. The third-order valence-electron chi connectivity index (χ3n) is 4.90. The predicted molar refractivity (Wildman–Crippen MR) is 116 cm³/mol. The molecule has 0 radical (unpaired) electrons. The normalized spacial score (nSPS) is 11.1. The number of nitrogens with zero attached hydrogens (tertiary/aromatic N) is 1. The minimum Gasteiger partial charge on any atom is -0.497 e. The Morgan fingerprint density at radius 1 is 1.00 bits per heavy atom. The first kappa shape index (κ1) is 22.0. The molecule has 0 saturated heterocycles. The van der Waals surface area contributed by atoms with Gasteiger partial charge in [0.15, 0.2) is 5.76 Å². The molecule has 3 aromatic rings. The van der Waals surface area contributed by atoms with Crippen LogP contribution in [0, 0.1) is 13.8 Å². The van der Waals surface area contributed by atoms with Crippen molar-refractivity contribution in [3.05, 3.63) is 80.2 Å². The van der Waals surface area contributed by atoms with Crippen LogP contribution in [0.15, 0.2) is 50.0 Å². The highest BCUT2D eigenvalue weighted by Crippen LogP contribution is 2.25. The molecule has 160 valence electrons. The maximum absolute atomic E-state index is 11.5. The van der Waals surface area contributed by atoms with E-state index in [1.54, 1.807) is 21.1 Å². The summed E-state index contributed by atoms with van der Waals surface area (Å²) in [4.78, 5) is 13.7. The van der Waals surface area contributed by atoms with Gasteiger partial charge < -0.3 is 18.3 Å². The van der Waals surface area contributed by atoms with Crippen molar-refractivity contribution < 1.29 is 18.3 Å². The smallest absolute Gasteiger partial charge is 0.497 e. The van der Waals surface area contributed by atoms with E-state index >= 15 is 0 Å². The van der Waals surface area contributed by atoms with Crippen LogP contribution in [0.5, 0.6) is 11.5 Å². The van der Waals surface area contributed by atoms with Gasteiger partial charge in [0.1, 0.15) is 17.3 Å². The lowest BCUT2D eigenvalue weighted by atomic mass is 10.1. The molecule has 0 unspecified atom stereocenters. The van der Waals surface area contributed by atoms with E-state index in [-0.39, 0.29) is 0 Å². The summed E-state index contributed by atoms with van der Waals surface area (Å²) >= 11 is 6.24. The zero-order valence-corrected chi connectivity index (χ0v) is 18.4. The molecule has 1 heterocycles. The largest absolute Gasteiger partial charge is 0.519 e. The van der Waals surface area contributed by atoms with Gasteiger partial charge in [0.25, 0.3) is 0 Å². The first-order valence-electron chi connectivity index (χ1n) is 9.66. The molecule has 6 nitrogen and oxygen atoms in total. The van der Waals surface area contributed by atoms with Crippen LogP contribution in [-0.2, 0) is 19.5 Å². The van der Waals surface area contributed by atoms with Crippen LogP contribution in [0.1, 0.15) is 28.2 Å². The highest BCUT2D eigenvalue weighted by molar-refractivity contribution is 6.30. The fourth-order valence-electron chi connectivity index (χ4n) is 3.45. The van der Waals surface area contributed by atoms with E-state index in [4.69, 9.17) is 29.9 Å². The average Bonchev–Trinajstić information content (AvgIpc) is 3.01.